The molecule has 0 spiro atoms. The van der Waals surface area contributed by atoms with Gasteiger partial charge in [0.05, 0.1) is 14.2 Å². The molecule has 3 heterocycles. The van der Waals surface area contributed by atoms with Gasteiger partial charge in [0.1, 0.15) is 6.10 Å². The van der Waals surface area contributed by atoms with Gasteiger partial charge in [-0.15, -0.1) is 0 Å². The van der Waals surface area contributed by atoms with Crippen LogP contribution in [0.25, 0.3) is 0 Å². The topological polar surface area (TPSA) is 84.4 Å². The molecule has 1 aliphatic heterocycles. The molecule has 2 atom stereocenters. The van der Waals surface area contributed by atoms with Crippen molar-refractivity contribution >= 4 is 0 Å². The molecule has 0 N–H and O–H groups in total. The lowest BCUT2D eigenvalue weighted by atomic mass is 10.0. The van der Waals surface area contributed by atoms with Gasteiger partial charge in [0.15, 0.2) is 17.3 Å². The minimum atomic E-state index is -0.194. The normalized spacial score (nSPS) is 19.3. The molecule has 1 saturated heterocycles. The van der Waals surface area contributed by atoms with Crippen LogP contribution in [0.1, 0.15) is 29.8 Å². The zero-order chi connectivity index (χ0) is 18.6. The lowest BCUT2D eigenvalue weighted by Gasteiger charge is -2.14. The number of ether oxygens (including phenoxy) is 3. The Morgan fingerprint density at radius 3 is 2.89 bits per heavy atom. The van der Waals surface area contributed by atoms with Crippen molar-refractivity contribution in [3.05, 3.63) is 53.9 Å². The van der Waals surface area contributed by atoms with E-state index in [2.05, 4.69) is 15.2 Å². The van der Waals surface area contributed by atoms with E-state index in [0.29, 0.717) is 36.2 Å². The molecule has 0 bridgehead atoms. The van der Waals surface area contributed by atoms with Crippen LogP contribution in [-0.4, -0.2) is 40.7 Å². The molecular formula is C19H22N4O4. The third kappa shape index (κ3) is 3.80. The van der Waals surface area contributed by atoms with Gasteiger partial charge in [-0.2, -0.15) is 10.1 Å². The summed E-state index contributed by atoms with van der Waals surface area (Å²) in [7, 11) is 3.23. The third-order valence-electron chi connectivity index (χ3n) is 4.73. The van der Waals surface area contributed by atoms with Crippen molar-refractivity contribution < 1.29 is 18.7 Å². The highest BCUT2D eigenvalue weighted by atomic mass is 16.5. The van der Waals surface area contributed by atoms with Crippen molar-refractivity contribution in [3.8, 4) is 11.5 Å². The van der Waals surface area contributed by atoms with Gasteiger partial charge in [-0.25, -0.2) is 0 Å². The highest BCUT2D eigenvalue weighted by Gasteiger charge is 2.34. The van der Waals surface area contributed by atoms with Crippen molar-refractivity contribution in [2.45, 2.75) is 25.5 Å². The van der Waals surface area contributed by atoms with E-state index in [9.17, 15) is 0 Å². The fourth-order valence-electron chi connectivity index (χ4n) is 3.37. The Bertz CT molecular complexity index is 878. The minimum absolute atomic E-state index is 0.194. The van der Waals surface area contributed by atoms with Crippen LogP contribution in [0, 0.1) is 5.92 Å². The summed E-state index contributed by atoms with van der Waals surface area (Å²) >= 11 is 0. The van der Waals surface area contributed by atoms with Crippen molar-refractivity contribution in [1.29, 1.82) is 0 Å². The summed E-state index contributed by atoms with van der Waals surface area (Å²) in [5.41, 5.74) is 1.01. The highest BCUT2D eigenvalue weighted by molar-refractivity contribution is 5.43. The van der Waals surface area contributed by atoms with E-state index in [1.165, 1.54) is 0 Å². The second-order valence-electron chi connectivity index (χ2n) is 6.48. The van der Waals surface area contributed by atoms with Gasteiger partial charge in [-0.3, -0.25) is 4.68 Å². The summed E-state index contributed by atoms with van der Waals surface area (Å²) in [5, 5.41) is 8.40. The Hall–Kier alpha value is -2.87. The molecule has 1 aliphatic rings. The number of nitrogens with zero attached hydrogens (tertiary/aromatic N) is 4. The Morgan fingerprint density at radius 2 is 2.11 bits per heavy atom. The zero-order valence-electron chi connectivity index (χ0n) is 15.4. The third-order valence-corrected chi connectivity index (χ3v) is 4.73. The summed E-state index contributed by atoms with van der Waals surface area (Å²) in [5.74, 6) is 2.78. The first-order chi connectivity index (χ1) is 13.3. The van der Waals surface area contributed by atoms with Crippen molar-refractivity contribution in [2.75, 3.05) is 20.8 Å². The zero-order valence-corrected chi connectivity index (χ0v) is 15.4. The molecule has 0 amide bonds. The summed E-state index contributed by atoms with van der Waals surface area (Å²) in [6.45, 7) is 1.45. The Balaban J connectivity index is 1.46. The quantitative estimate of drug-likeness (QED) is 0.632. The van der Waals surface area contributed by atoms with E-state index in [4.69, 9.17) is 18.7 Å². The first kappa shape index (κ1) is 17.5. The van der Waals surface area contributed by atoms with Gasteiger partial charge in [-0.1, -0.05) is 11.2 Å². The first-order valence-electron chi connectivity index (χ1n) is 8.89. The molecule has 4 rings (SSSR count). The van der Waals surface area contributed by atoms with E-state index in [1.54, 1.807) is 20.4 Å². The molecule has 8 heteroatoms. The van der Waals surface area contributed by atoms with Crippen LogP contribution < -0.4 is 9.47 Å². The Labute approximate surface area is 157 Å². The number of aromatic nitrogens is 4. The van der Waals surface area contributed by atoms with Crippen LogP contribution in [0.4, 0.5) is 0 Å². The van der Waals surface area contributed by atoms with Crippen molar-refractivity contribution in [3.63, 3.8) is 0 Å². The summed E-state index contributed by atoms with van der Waals surface area (Å²) in [6.07, 6.45) is 5.02. The maximum absolute atomic E-state index is 5.86. The molecule has 1 fully saturated rings. The monoisotopic (exact) mass is 370 g/mol. The maximum Gasteiger partial charge on any atom is 0.256 e. The molecule has 1 aromatic carbocycles. The van der Waals surface area contributed by atoms with Gasteiger partial charge in [0.2, 0.25) is 0 Å². The maximum atomic E-state index is 5.86. The largest absolute Gasteiger partial charge is 0.493 e. The molecular weight excluding hydrogens is 348 g/mol. The average molecular weight is 370 g/mol. The molecule has 27 heavy (non-hydrogen) atoms. The fraction of sp³-hybridized carbons (Fsp3) is 0.421. The lowest BCUT2D eigenvalue weighted by molar-refractivity contribution is 0.0578. The van der Waals surface area contributed by atoms with E-state index in [1.807, 2.05) is 35.1 Å². The van der Waals surface area contributed by atoms with Crippen LogP contribution in [-0.2, 0) is 17.7 Å². The van der Waals surface area contributed by atoms with Crippen LogP contribution in [0.2, 0.25) is 0 Å². The second-order valence-corrected chi connectivity index (χ2v) is 6.48. The number of rotatable bonds is 7. The highest BCUT2D eigenvalue weighted by Crippen LogP contribution is 2.35. The number of methoxy groups -OCH3 is 2. The lowest BCUT2D eigenvalue weighted by Crippen LogP contribution is -2.15. The van der Waals surface area contributed by atoms with E-state index >= 15 is 0 Å². The number of benzene rings is 1. The molecule has 8 nitrogen and oxygen atoms in total. The fourth-order valence-corrected chi connectivity index (χ4v) is 3.37. The molecule has 142 valence electrons. The van der Waals surface area contributed by atoms with Crippen molar-refractivity contribution in [2.24, 2.45) is 5.92 Å². The summed E-state index contributed by atoms with van der Waals surface area (Å²) < 4.78 is 23.9. The van der Waals surface area contributed by atoms with Gasteiger partial charge in [-0.05, 0) is 30.2 Å². The SMILES string of the molecule is COc1ccc(Cc2noc([C@H]3OCC[C@H]3Cn3cccn3)n2)cc1OC. The molecule has 0 saturated carbocycles. The van der Waals surface area contributed by atoms with Crippen LogP contribution in [0.15, 0.2) is 41.2 Å². The van der Waals surface area contributed by atoms with E-state index in [-0.39, 0.29) is 12.0 Å². The molecule has 0 radical (unpaired) electrons. The number of hydrogen-bond donors (Lipinski definition) is 0. The van der Waals surface area contributed by atoms with Gasteiger partial charge in [0.25, 0.3) is 5.89 Å². The van der Waals surface area contributed by atoms with Crippen molar-refractivity contribution in [1.82, 2.24) is 19.9 Å². The van der Waals surface area contributed by atoms with Gasteiger partial charge < -0.3 is 18.7 Å². The van der Waals surface area contributed by atoms with Gasteiger partial charge in [0, 0.05) is 37.9 Å². The molecule has 2 aromatic heterocycles. The van der Waals surface area contributed by atoms with Gasteiger partial charge >= 0.3 is 0 Å². The van der Waals surface area contributed by atoms with E-state index in [0.717, 1.165) is 18.5 Å². The average Bonchev–Trinajstić information content (AvgIpc) is 3.44. The van der Waals surface area contributed by atoms with Crippen LogP contribution in [0.5, 0.6) is 11.5 Å². The van der Waals surface area contributed by atoms with Crippen LogP contribution >= 0.6 is 0 Å². The second kappa shape index (κ2) is 7.79. The minimum Gasteiger partial charge on any atom is -0.493 e. The number of hydrogen-bond acceptors (Lipinski definition) is 7. The molecule has 3 aromatic rings. The standard InChI is InChI=1S/C19H22N4O4/c1-24-15-5-4-13(10-16(15)25-2)11-17-21-19(27-22-17)18-14(6-9-26-18)12-23-8-3-7-20-23/h3-5,7-8,10,14,18H,6,9,11-12H2,1-2H3/t14-,18-/m0/s1. The van der Waals surface area contributed by atoms with E-state index < -0.39 is 0 Å². The summed E-state index contributed by atoms with van der Waals surface area (Å²) in [4.78, 5) is 4.56. The molecule has 0 aliphatic carbocycles. The summed E-state index contributed by atoms with van der Waals surface area (Å²) in [6, 6.07) is 7.67. The smallest absolute Gasteiger partial charge is 0.256 e. The van der Waals surface area contributed by atoms with Crippen LogP contribution in [0.3, 0.4) is 0 Å². The first-order valence-corrected chi connectivity index (χ1v) is 8.89. The predicted molar refractivity (Wildman–Crippen MR) is 95.7 cm³/mol. The Morgan fingerprint density at radius 1 is 1.22 bits per heavy atom. The molecule has 0 unspecified atom stereocenters. The predicted octanol–water partition coefficient (Wildman–Crippen LogP) is 2.65. The Kier molecular flexibility index (Phi) is 5.06.